The monoisotopic (exact) mass is 343 g/mol. The van der Waals surface area contributed by atoms with E-state index in [1.165, 1.54) is 11.8 Å². The second-order valence-electron chi connectivity index (χ2n) is 5.70. The fraction of sp³-hybridized carbons (Fsp3) is 0.733. The third kappa shape index (κ3) is 8.52. The van der Waals surface area contributed by atoms with Gasteiger partial charge in [-0.1, -0.05) is 13.8 Å². The second kappa shape index (κ2) is 11.0. The summed E-state index contributed by atoms with van der Waals surface area (Å²) in [5.41, 5.74) is 8.33. The number of carbonyl (C=O) groups excluding carboxylic acids is 3. The zero-order chi connectivity index (χ0) is 18.0. The number of nitrogens with zero attached hydrogens (tertiary/aromatic N) is 2. The fourth-order valence-corrected chi connectivity index (χ4v) is 2.74. The summed E-state index contributed by atoms with van der Waals surface area (Å²) in [7, 11) is 0. The van der Waals surface area contributed by atoms with Crippen LogP contribution in [-0.2, 0) is 19.1 Å². The number of Topliss-reactive ketones (excluding diaryl/α,β-unsaturated/α-hetero) is 1. The van der Waals surface area contributed by atoms with E-state index < -0.39 is 17.8 Å². The summed E-state index contributed by atoms with van der Waals surface area (Å²) in [6, 6.07) is -0.908. The third-order valence-corrected chi connectivity index (χ3v) is 4.22. The molecule has 0 aliphatic rings. The van der Waals surface area contributed by atoms with Crippen LogP contribution in [0.3, 0.4) is 0 Å². The van der Waals surface area contributed by atoms with Gasteiger partial charge in [0.15, 0.2) is 0 Å². The minimum atomic E-state index is -0.908. The van der Waals surface area contributed by atoms with Crippen LogP contribution < -0.4 is 5.32 Å². The van der Waals surface area contributed by atoms with Gasteiger partial charge in [0.1, 0.15) is 6.04 Å². The molecule has 1 N–H and O–H groups in total. The molecule has 8 heteroatoms. The Morgan fingerprint density at radius 2 is 1.87 bits per heavy atom. The number of ketones is 1. The van der Waals surface area contributed by atoms with Gasteiger partial charge in [0.2, 0.25) is 11.7 Å². The molecule has 0 spiro atoms. The van der Waals surface area contributed by atoms with Crippen LogP contribution in [0, 0.1) is 5.92 Å². The highest BCUT2D eigenvalue weighted by atomic mass is 32.2. The van der Waals surface area contributed by atoms with Crippen LogP contribution in [0.15, 0.2) is 0 Å². The van der Waals surface area contributed by atoms with Gasteiger partial charge in [-0.05, 0) is 32.4 Å². The molecule has 1 amide bonds. The van der Waals surface area contributed by atoms with E-state index in [4.69, 9.17) is 10.3 Å². The maximum atomic E-state index is 12.3. The molecule has 0 aromatic carbocycles. The quantitative estimate of drug-likeness (QED) is 0.279. The Kier molecular flexibility index (Phi) is 10.2. The van der Waals surface area contributed by atoms with Gasteiger partial charge in [-0.25, -0.2) is 4.79 Å². The smallest absolute Gasteiger partial charge is 0.328 e. The number of nitrogens with one attached hydrogen (secondary N) is 1. The molecule has 0 rings (SSSR count). The first kappa shape index (κ1) is 21.3. The van der Waals surface area contributed by atoms with Crippen molar-refractivity contribution in [1.29, 1.82) is 0 Å². The van der Waals surface area contributed by atoms with Crippen molar-refractivity contribution in [2.24, 2.45) is 5.92 Å². The zero-order valence-corrected chi connectivity index (χ0v) is 15.1. The molecule has 23 heavy (non-hydrogen) atoms. The predicted molar refractivity (Wildman–Crippen MR) is 89.2 cm³/mol. The van der Waals surface area contributed by atoms with Crippen LogP contribution >= 0.6 is 11.8 Å². The lowest BCUT2D eigenvalue weighted by molar-refractivity contribution is -0.151. The van der Waals surface area contributed by atoms with E-state index in [1.807, 2.05) is 20.1 Å². The van der Waals surface area contributed by atoms with Crippen LogP contribution in [0.2, 0.25) is 0 Å². The molecule has 0 fully saturated rings. The molecular formula is C15H25N3O4S. The average Bonchev–Trinajstić information content (AvgIpc) is 2.43. The number of amides is 1. The standard InChI is InChI=1S/C15H25N3O4S/c1-9(2)13(23-5)14(20)18-12(15(21)22-10(3)4)7-6-11(19)8-17-16/h8-10,12-13H,6-7H2,1-5H3,(H,18,20)/t12-,13-/m0/s1. The first-order valence-electron chi connectivity index (χ1n) is 7.46. The van der Waals surface area contributed by atoms with E-state index >= 15 is 0 Å². The Labute approximate surface area is 141 Å². The fourth-order valence-electron chi connectivity index (χ4n) is 1.91. The summed E-state index contributed by atoms with van der Waals surface area (Å²) in [6.45, 7) is 7.26. The summed E-state index contributed by atoms with van der Waals surface area (Å²) in [4.78, 5) is 38.4. The van der Waals surface area contributed by atoms with Crippen molar-refractivity contribution in [2.45, 2.75) is 57.9 Å². The maximum Gasteiger partial charge on any atom is 0.328 e. The van der Waals surface area contributed by atoms with E-state index in [2.05, 4.69) is 10.1 Å². The van der Waals surface area contributed by atoms with Crippen molar-refractivity contribution in [2.75, 3.05) is 6.26 Å². The number of rotatable bonds is 10. The highest BCUT2D eigenvalue weighted by Crippen LogP contribution is 2.17. The number of carbonyl (C=O) groups is 3. The Bertz CT molecular complexity index is 473. The van der Waals surface area contributed by atoms with Gasteiger partial charge in [-0.2, -0.15) is 16.6 Å². The molecule has 0 saturated heterocycles. The molecule has 0 radical (unpaired) electrons. The molecule has 0 aliphatic heterocycles. The number of hydrogen-bond donors (Lipinski definition) is 1. The van der Waals surface area contributed by atoms with Crippen molar-refractivity contribution in [3.63, 3.8) is 0 Å². The average molecular weight is 343 g/mol. The summed E-state index contributed by atoms with van der Waals surface area (Å²) in [6.07, 6.45) is 2.33. The van der Waals surface area contributed by atoms with Crippen molar-refractivity contribution >= 4 is 35.6 Å². The molecule has 0 aromatic rings. The SMILES string of the molecule is CS[C@H](C(=O)N[C@@H](CCC(=O)C=[N+]=[N-])C(=O)OC(C)C)C(C)C. The van der Waals surface area contributed by atoms with Crippen LogP contribution in [0.25, 0.3) is 5.53 Å². The van der Waals surface area contributed by atoms with Gasteiger partial charge in [-0.15, -0.1) is 0 Å². The Balaban J connectivity index is 4.96. The molecule has 130 valence electrons. The summed E-state index contributed by atoms with van der Waals surface area (Å²) >= 11 is 1.40. The molecule has 7 nitrogen and oxygen atoms in total. The molecule has 0 unspecified atom stereocenters. The predicted octanol–water partition coefficient (Wildman–Crippen LogP) is 1.46. The highest BCUT2D eigenvalue weighted by molar-refractivity contribution is 7.99. The second-order valence-corrected chi connectivity index (χ2v) is 6.68. The maximum absolute atomic E-state index is 12.3. The lowest BCUT2D eigenvalue weighted by atomic mass is 10.1. The zero-order valence-electron chi connectivity index (χ0n) is 14.2. The van der Waals surface area contributed by atoms with Gasteiger partial charge < -0.3 is 15.6 Å². The van der Waals surface area contributed by atoms with Crippen LogP contribution in [0.5, 0.6) is 0 Å². The Hall–Kier alpha value is -1.66. The van der Waals surface area contributed by atoms with Crippen molar-refractivity contribution < 1.29 is 23.9 Å². The summed E-state index contributed by atoms with van der Waals surface area (Å²) in [5.74, 6) is -1.17. The minimum Gasteiger partial charge on any atom is -0.461 e. The molecular weight excluding hydrogens is 318 g/mol. The number of hydrogen-bond acceptors (Lipinski definition) is 5. The third-order valence-electron chi connectivity index (χ3n) is 2.95. The molecule has 0 aromatic heterocycles. The summed E-state index contributed by atoms with van der Waals surface area (Å²) in [5, 5.41) is 2.37. The first-order chi connectivity index (χ1) is 10.7. The normalized spacial score (nSPS) is 13.2. The van der Waals surface area contributed by atoms with Crippen LogP contribution in [-0.4, -0.2) is 52.3 Å². The number of esters is 1. The molecule has 0 bridgehead atoms. The lowest BCUT2D eigenvalue weighted by Crippen LogP contribution is -2.47. The van der Waals surface area contributed by atoms with E-state index in [0.29, 0.717) is 0 Å². The topological polar surface area (TPSA) is 109 Å². The Morgan fingerprint density at radius 1 is 1.26 bits per heavy atom. The molecule has 0 heterocycles. The van der Waals surface area contributed by atoms with E-state index in [9.17, 15) is 14.4 Å². The van der Waals surface area contributed by atoms with E-state index in [-0.39, 0.29) is 36.0 Å². The van der Waals surface area contributed by atoms with Crippen molar-refractivity contribution in [3.05, 3.63) is 5.53 Å². The van der Waals surface area contributed by atoms with Gasteiger partial charge in [0, 0.05) is 6.42 Å². The molecule has 0 saturated carbocycles. The van der Waals surface area contributed by atoms with E-state index in [1.54, 1.807) is 13.8 Å². The van der Waals surface area contributed by atoms with Gasteiger partial charge >= 0.3 is 12.2 Å². The van der Waals surface area contributed by atoms with Gasteiger partial charge in [-0.3, -0.25) is 9.59 Å². The van der Waals surface area contributed by atoms with Crippen LogP contribution in [0.1, 0.15) is 40.5 Å². The Morgan fingerprint density at radius 3 is 2.30 bits per heavy atom. The van der Waals surface area contributed by atoms with Gasteiger partial charge in [0.05, 0.1) is 11.4 Å². The van der Waals surface area contributed by atoms with Gasteiger partial charge in [0.25, 0.3) is 0 Å². The van der Waals surface area contributed by atoms with Crippen molar-refractivity contribution in [3.8, 4) is 0 Å². The first-order valence-corrected chi connectivity index (χ1v) is 8.75. The molecule has 2 atom stereocenters. The molecule has 0 aliphatic carbocycles. The summed E-state index contributed by atoms with van der Waals surface area (Å²) < 4.78 is 5.12. The lowest BCUT2D eigenvalue weighted by Gasteiger charge is -2.23. The minimum absolute atomic E-state index is 0.0339. The van der Waals surface area contributed by atoms with E-state index in [0.717, 1.165) is 6.21 Å². The number of ether oxygens (including phenoxy) is 1. The largest absolute Gasteiger partial charge is 0.461 e. The highest BCUT2D eigenvalue weighted by Gasteiger charge is 2.28. The number of thioether (sulfide) groups is 1. The van der Waals surface area contributed by atoms with Crippen molar-refractivity contribution in [1.82, 2.24) is 5.32 Å². The van der Waals surface area contributed by atoms with Crippen LogP contribution in [0.4, 0.5) is 0 Å².